The Morgan fingerprint density at radius 1 is 1.26 bits per heavy atom. The quantitative estimate of drug-likeness (QED) is 0.698. The van der Waals surface area contributed by atoms with Crippen LogP contribution in [0.25, 0.3) is 0 Å². The second-order valence-corrected chi connectivity index (χ2v) is 5.15. The van der Waals surface area contributed by atoms with Crippen molar-refractivity contribution in [2.45, 2.75) is 32.7 Å². The highest BCUT2D eigenvalue weighted by molar-refractivity contribution is 5.86. The van der Waals surface area contributed by atoms with Crippen LogP contribution in [0.3, 0.4) is 0 Å². The number of carbonyl (C=O) groups excluding carboxylic acids is 2. The van der Waals surface area contributed by atoms with Crippen molar-refractivity contribution in [3.05, 3.63) is 0 Å². The number of nitrogens with one attached hydrogen (secondary N) is 2. The van der Waals surface area contributed by atoms with E-state index in [1.54, 1.807) is 4.90 Å². The summed E-state index contributed by atoms with van der Waals surface area (Å²) in [6.45, 7) is 9.22. The molecule has 2 amide bonds. The van der Waals surface area contributed by atoms with E-state index in [2.05, 4.69) is 10.6 Å². The Morgan fingerprint density at radius 3 is 2.47 bits per heavy atom. The lowest BCUT2D eigenvalue weighted by Crippen LogP contribution is -2.53. The molecule has 0 atom stereocenters. The third-order valence-corrected chi connectivity index (χ3v) is 3.17. The fourth-order valence-electron chi connectivity index (χ4n) is 2.00. The predicted molar refractivity (Wildman–Crippen MR) is 72.8 cm³/mol. The van der Waals surface area contributed by atoms with Crippen molar-refractivity contribution in [2.75, 3.05) is 39.4 Å². The van der Waals surface area contributed by atoms with Crippen LogP contribution < -0.4 is 10.6 Å². The topological polar surface area (TPSA) is 70.7 Å². The maximum atomic E-state index is 11.9. The van der Waals surface area contributed by atoms with Gasteiger partial charge in [0, 0.05) is 26.1 Å². The molecule has 0 spiro atoms. The molecule has 6 heteroatoms. The molecule has 1 saturated heterocycles. The molecule has 0 aromatic heterocycles. The van der Waals surface area contributed by atoms with Gasteiger partial charge in [0.25, 0.3) is 0 Å². The van der Waals surface area contributed by atoms with Gasteiger partial charge in [-0.1, -0.05) is 6.92 Å². The Kier molecular flexibility index (Phi) is 6.24. The molecule has 0 bridgehead atoms. The van der Waals surface area contributed by atoms with Gasteiger partial charge >= 0.3 is 0 Å². The Balaban J connectivity index is 2.25. The van der Waals surface area contributed by atoms with Gasteiger partial charge in [0.1, 0.15) is 0 Å². The van der Waals surface area contributed by atoms with Gasteiger partial charge in [-0.2, -0.15) is 0 Å². The highest BCUT2D eigenvalue weighted by atomic mass is 16.5. The normalized spacial score (nSPS) is 16.3. The Hall–Kier alpha value is -1.14. The van der Waals surface area contributed by atoms with Crippen molar-refractivity contribution in [1.82, 2.24) is 15.5 Å². The van der Waals surface area contributed by atoms with Crippen molar-refractivity contribution < 1.29 is 14.3 Å². The minimum Gasteiger partial charge on any atom is -0.378 e. The summed E-state index contributed by atoms with van der Waals surface area (Å²) >= 11 is 0. The van der Waals surface area contributed by atoms with Crippen LogP contribution in [-0.2, 0) is 14.3 Å². The summed E-state index contributed by atoms with van der Waals surface area (Å²) in [6.07, 6.45) is 0.341. The first kappa shape index (κ1) is 15.9. The van der Waals surface area contributed by atoms with E-state index in [-0.39, 0.29) is 11.8 Å². The van der Waals surface area contributed by atoms with Crippen LogP contribution in [-0.4, -0.2) is 61.6 Å². The summed E-state index contributed by atoms with van der Waals surface area (Å²) < 4.78 is 5.19. The average Bonchev–Trinajstić information content (AvgIpc) is 2.39. The van der Waals surface area contributed by atoms with Gasteiger partial charge in [0.05, 0.1) is 18.8 Å². The summed E-state index contributed by atoms with van der Waals surface area (Å²) in [7, 11) is 0. The number of nitrogens with zero attached hydrogens (tertiary/aromatic N) is 1. The first-order valence-electron chi connectivity index (χ1n) is 6.86. The van der Waals surface area contributed by atoms with Gasteiger partial charge in [-0.25, -0.2) is 0 Å². The van der Waals surface area contributed by atoms with E-state index >= 15 is 0 Å². The summed E-state index contributed by atoms with van der Waals surface area (Å²) in [5.74, 6) is -0.00557. The summed E-state index contributed by atoms with van der Waals surface area (Å²) in [5.41, 5.74) is -0.600. The fraction of sp³-hybridized carbons (Fsp3) is 0.846. The van der Waals surface area contributed by atoms with Gasteiger partial charge in [0.15, 0.2) is 0 Å². The van der Waals surface area contributed by atoms with Gasteiger partial charge in [-0.05, 0) is 20.4 Å². The second kappa shape index (κ2) is 7.45. The molecule has 6 nitrogen and oxygen atoms in total. The SMILES string of the molecule is CCNC(C)(C)C(=O)NCCC(=O)N1CCOCC1. The molecule has 19 heavy (non-hydrogen) atoms. The largest absolute Gasteiger partial charge is 0.378 e. The Bertz CT molecular complexity index is 312. The molecule has 1 aliphatic heterocycles. The molecule has 1 rings (SSSR count). The Labute approximate surface area is 114 Å². The number of ether oxygens (including phenoxy) is 1. The summed E-state index contributed by atoms with van der Waals surface area (Å²) in [6, 6.07) is 0. The molecule has 1 fully saturated rings. The number of hydrogen-bond donors (Lipinski definition) is 2. The van der Waals surface area contributed by atoms with E-state index in [9.17, 15) is 9.59 Å². The standard InChI is InChI=1S/C13H25N3O3/c1-4-15-13(2,3)12(18)14-6-5-11(17)16-7-9-19-10-8-16/h15H,4-10H2,1-3H3,(H,14,18). The Morgan fingerprint density at radius 2 is 1.89 bits per heavy atom. The van der Waals surface area contributed by atoms with Crippen LogP contribution >= 0.6 is 0 Å². The molecule has 0 radical (unpaired) electrons. The number of rotatable bonds is 6. The monoisotopic (exact) mass is 271 g/mol. The minimum absolute atomic E-state index is 0.0739. The number of likely N-dealkylation sites (N-methyl/N-ethyl adjacent to an activating group) is 1. The first-order chi connectivity index (χ1) is 8.97. The molecular weight excluding hydrogens is 246 g/mol. The van der Waals surface area contributed by atoms with E-state index in [1.165, 1.54) is 0 Å². The lowest BCUT2D eigenvalue weighted by atomic mass is 10.0. The maximum Gasteiger partial charge on any atom is 0.239 e. The van der Waals surface area contributed by atoms with E-state index < -0.39 is 5.54 Å². The number of amides is 2. The van der Waals surface area contributed by atoms with Gasteiger partial charge < -0.3 is 20.3 Å². The van der Waals surface area contributed by atoms with Crippen molar-refractivity contribution in [2.24, 2.45) is 0 Å². The van der Waals surface area contributed by atoms with Crippen molar-refractivity contribution in [3.8, 4) is 0 Å². The molecule has 0 aliphatic carbocycles. The zero-order chi connectivity index (χ0) is 14.3. The van der Waals surface area contributed by atoms with E-state index in [1.807, 2.05) is 20.8 Å². The molecule has 0 aromatic rings. The van der Waals surface area contributed by atoms with Gasteiger partial charge in [-0.15, -0.1) is 0 Å². The number of morpholine rings is 1. The molecule has 110 valence electrons. The van der Waals surface area contributed by atoms with Crippen molar-refractivity contribution in [1.29, 1.82) is 0 Å². The van der Waals surface area contributed by atoms with Crippen molar-refractivity contribution >= 4 is 11.8 Å². The maximum absolute atomic E-state index is 11.9. The zero-order valence-corrected chi connectivity index (χ0v) is 12.1. The predicted octanol–water partition coefficient (Wildman–Crippen LogP) is -0.260. The molecule has 1 aliphatic rings. The van der Waals surface area contributed by atoms with Crippen LogP contribution in [0, 0.1) is 0 Å². The zero-order valence-electron chi connectivity index (χ0n) is 12.1. The molecule has 0 unspecified atom stereocenters. The van der Waals surface area contributed by atoms with Crippen LogP contribution in [0.15, 0.2) is 0 Å². The third-order valence-electron chi connectivity index (χ3n) is 3.17. The highest BCUT2D eigenvalue weighted by Gasteiger charge is 2.26. The van der Waals surface area contributed by atoms with Gasteiger partial charge in [0.2, 0.25) is 11.8 Å². The molecular formula is C13H25N3O3. The summed E-state index contributed by atoms with van der Waals surface area (Å²) in [5, 5.41) is 5.90. The number of hydrogen-bond acceptors (Lipinski definition) is 4. The number of carbonyl (C=O) groups is 2. The first-order valence-corrected chi connectivity index (χ1v) is 6.86. The second-order valence-electron chi connectivity index (χ2n) is 5.15. The summed E-state index contributed by atoms with van der Waals surface area (Å²) in [4.78, 5) is 25.5. The van der Waals surface area contributed by atoms with E-state index in [0.717, 1.165) is 6.54 Å². The lowest BCUT2D eigenvalue weighted by molar-refractivity contribution is -0.135. The minimum atomic E-state index is -0.600. The molecule has 2 N–H and O–H groups in total. The highest BCUT2D eigenvalue weighted by Crippen LogP contribution is 2.02. The fourth-order valence-corrected chi connectivity index (χ4v) is 2.00. The van der Waals surface area contributed by atoms with Crippen LogP contribution in [0.5, 0.6) is 0 Å². The third kappa shape index (κ3) is 5.16. The van der Waals surface area contributed by atoms with E-state index in [4.69, 9.17) is 4.74 Å². The van der Waals surface area contributed by atoms with Crippen molar-refractivity contribution in [3.63, 3.8) is 0 Å². The molecule has 1 heterocycles. The van der Waals surface area contributed by atoms with Crippen LogP contribution in [0.2, 0.25) is 0 Å². The molecule has 0 saturated carbocycles. The van der Waals surface area contributed by atoms with Crippen LogP contribution in [0.4, 0.5) is 0 Å². The lowest BCUT2D eigenvalue weighted by Gasteiger charge is -2.27. The van der Waals surface area contributed by atoms with Crippen LogP contribution in [0.1, 0.15) is 27.2 Å². The molecule has 0 aromatic carbocycles. The average molecular weight is 271 g/mol. The smallest absolute Gasteiger partial charge is 0.239 e. The van der Waals surface area contributed by atoms with E-state index in [0.29, 0.717) is 39.3 Å². The van der Waals surface area contributed by atoms with Gasteiger partial charge in [-0.3, -0.25) is 9.59 Å².